The molecule has 4 rings (SSSR count). The molecule has 0 atom stereocenters. The largest absolute Gasteiger partial charge is 0.504 e. The Morgan fingerprint density at radius 3 is 2.59 bits per heavy atom. The molecule has 0 aliphatic carbocycles. The molecular weight excluding hydrogens is 404 g/mol. The number of phenolic OH excluding ortho intramolecular Hbond substituents is 1. The molecule has 32 heavy (non-hydrogen) atoms. The third-order valence-corrected chi connectivity index (χ3v) is 5.69. The number of rotatable bonds is 6. The number of carbonyl (C=O) groups excluding carboxylic acids is 1. The Morgan fingerprint density at radius 1 is 1.09 bits per heavy atom. The summed E-state index contributed by atoms with van der Waals surface area (Å²) in [6, 6.07) is 18.9. The van der Waals surface area contributed by atoms with Crippen molar-refractivity contribution in [3.05, 3.63) is 77.4 Å². The highest BCUT2D eigenvalue weighted by atomic mass is 16.6. The number of carbonyl (C=O) groups is 1. The minimum atomic E-state index is -0.506. The van der Waals surface area contributed by atoms with Gasteiger partial charge in [0.05, 0.1) is 7.11 Å². The molecule has 3 aromatic carbocycles. The van der Waals surface area contributed by atoms with Crippen LogP contribution >= 0.6 is 0 Å². The average molecular weight is 433 g/mol. The minimum Gasteiger partial charge on any atom is -0.504 e. The molecule has 6 heteroatoms. The summed E-state index contributed by atoms with van der Waals surface area (Å²) in [5, 5.41) is 12.6. The van der Waals surface area contributed by atoms with Gasteiger partial charge in [0, 0.05) is 24.5 Å². The third-order valence-electron chi connectivity index (χ3n) is 5.69. The molecule has 1 heterocycles. The van der Waals surface area contributed by atoms with Crippen LogP contribution in [0.25, 0.3) is 0 Å². The highest BCUT2D eigenvalue weighted by molar-refractivity contribution is 5.87. The van der Waals surface area contributed by atoms with Gasteiger partial charge in [-0.2, -0.15) is 0 Å². The Morgan fingerprint density at radius 2 is 1.88 bits per heavy atom. The lowest BCUT2D eigenvalue weighted by atomic mass is 10.0. The van der Waals surface area contributed by atoms with Crippen molar-refractivity contribution >= 4 is 17.5 Å². The van der Waals surface area contributed by atoms with Crippen molar-refractivity contribution in [3.8, 4) is 17.2 Å². The lowest BCUT2D eigenvalue weighted by Crippen LogP contribution is -2.19. The second kappa shape index (κ2) is 9.22. The fraction of sp³-hybridized carbons (Fsp3) is 0.269. The number of nitrogens with zero attached hydrogens (tertiary/aromatic N) is 1. The quantitative estimate of drug-likeness (QED) is 0.523. The van der Waals surface area contributed by atoms with Gasteiger partial charge in [-0.15, -0.1) is 0 Å². The summed E-state index contributed by atoms with van der Waals surface area (Å²) in [4.78, 5) is 14.6. The third kappa shape index (κ3) is 4.80. The van der Waals surface area contributed by atoms with Gasteiger partial charge < -0.3 is 19.5 Å². The van der Waals surface area contributed by atoms with E-state index in [4.69, 9.17) is 9.47 Å². The molecule has 1 aliphatic rings. The second-order valence-electron chi connectivity index (χ2n) is 8.26. The average Bonchev–Trinajstić information content (AvgIpc) is 3.17. The van der Waals surface area contributed by atoms with Crippen LogP contribution in [0.1, 0.15) is 36.5 Å². The van der Waals surface area contributed by atoms with Crippen LogP contribution in [0.2, 0.25) is 0 Å². The van der Waals surface area contributed by atoms with Crippen LogP contribution in [0.5, 0.6) is 17.2 Å². The van der Waals surface area contributed by atoms with E-state index in [0.717, 1.165) is 24.2 Å². The number of nitrogens with one attached hydrogen (secondary N) is 1. The van der Waals surface area contributed by atoms with Crippen molar-refractivity contribution in [1.29, 1.82) is 0 Å². The van der Waals surface area contributed by atoms with Crippen LogP contribution < -0.4 is 19.7 Å². The molecule has 0 spiro atoms. The first-order chi connectivity index (χ1) is 15.4. The summed E-state index contributed by atoms with van der Waals surface area (Å²) in [6.45, 7) is 5.84. The van der Waals surface area contributed by atoms with Crippen molar-refractivity contribution in [3.63, 3.8) is 0 Å². The van der Waals surface area contributed by atoms with Crippen LogP contribution in [-0.2, 0) is 13.0 Å². The summed E-state index contributed by atoms with van der Waals surface area (Å²) in [5.74, 6) is 1.55. The van der Waals surface area contributed by atoms with E-state index in [9.17, 15) is 9.90 Å². The highest BCUT2D eigenvalue weighted by Gasteiger charge is 2.20. The SMILES string of the molecule is COc1cc(CN2CCc3cc(NC(=O)Oc4ccc(C(C)C)cc4)ccc32)ccc1O. The number of amides is 1. The van der Waals surface area contributed by atoms with Crippen LogP contribution in [0.3, 0.4) is 0 Å². The Kier molecular flexibility index (Phi) is 6.21. The number of methoxy groups -OCH3 is 1. The zero-order valence-corrected chi connectivity index (χ0v) is 18.6. The first kappa shape index (κ1) is 21.6. The summed E-state index contributed by atoms with van der Waals surface area (Å²) in [5.41, 5.74) is 5.28. The predicted octanol–water partition coefficient (Wildman–Crippen LogP) is 5.70. The number of benzene rings is 3. The monoisotopic (exact) mass is 432 g/mol. The smallest absolute Gasteiger partial charge is 0.417 e. The van der Waals surface area contributed by atoms with Crippen molar-refractivity contribution < 1.29 is 19.4 Å². The molecule has 1 amide bonds. The fourth-order valence-electron chi connectivity index (χ4n) is 3.92. The molecule has 3 aromatic rings. The van der Waals surface area contributed by atoms with Gasteiger partial charge in [0.1, 0.15) is 5.75 Å². The summed E-state index contributed by atoms with van der Waals surface area (Å²) < 4.78 is 10.6. The molecule has 0 radical (unpaired) electrons. The van der Waals surface area contributed by atoms with E-state index in [1.54, 1.807) is 13.2 Å². The standard InChI is InChI=1S/C26H28N2O4/c1-17(2)19-5-8-22(9-6-19)32-26(30)27-21-7-10-23-20(15-21)12-13-28(23)16-18-4-11-24(29)25(14-18)31-3/h4-11,14-15,17,29H,12-13,16H2,1-3H3,(H,27,30). The maximum absolute atomic E-state index is 12.3. The van der Waals surface area contributed by atoms with E-state index < -0.39 is 6.09 Å². The van der Waals surface area contributed by atoms with E-state index in [0.29, 0.717) is 29.6 Å². The van der Waals surface area contributed by atoms with Gasteiger partial charge in [-0.05, 0) is 71.5 Å². The van der Waals surface area contributed by atoms with Gasteiger partial charge >= 0.3 is 6.09 Å². The summed E-state index contributed by atoms with van der Waals surface area (Å²) in [6.07, 6.45) is 0.388. The Hall–Kier alpha value is -3.67. The summed E-state index contributed by atoms with van der Waals surface area (Å²) in [7, 11) is 1.55. The first-order valence-corrected chi connectivity index (χ1v) is 10.8. The van der Waals surface area contributed by atoms with Crippen LogP contribution in [0.15, 0.2) is 60.7 Å². The van der Waals surface area contributed by atoms with Crippen LogP contribution in [0, 0.1) is 0 Å². The van der Waals surface area contributed by atoms with Gasteiger partial charge in [0.15, 0.2) is 11.5 Å². The molecule has 0 bridgehead atoms. The lowest BCUT2D eigenvalue weighted by molar-refractivity contribution is 0.215. The van der Waals surface area contributed by atoms with Crippen molar-refractivity contribution in [1.82, 2.24) is 0 Å². The Bertz CT molecular complexity index is 1110. The van der Waals surface area contributed by atoms with Crippen LogP contribution in [-0.4, -0.2) is 24.9 Å². The number of hydrogen-bond donors (Lipinski definition) is 2. The summed E-state index contributed by atoms with van der Waals surface area (Å²) >= 11 is 0. The zero-order valence-electron chi connectivity index (χ0n) is 18.6. The normalized spacial score (nSPS) is 12.6. The van der Waals surface area contributed by atoms with Gasteiger partial charge in [-0.3, -0.25) is 5.32 Å². The van der Waals surface area contributed by atoms with E-state index in [2.05, 4.69) is 24.1 Å². The van der Waals surface area contributed by atoms with Crippen molar-refractivity contribution in [2.75, 3.05) is 23.9 Å². The molecule has 2 N–H and O–H groups in total. The van der Waals surface area contributed by atoms with E-state index in [1.807, 2.05) is 54.6 Å². The number of hydrogen-bond acceptors (Lipinski definition) is 5. The molecule has 0 saturated carbocycles. The number of aromatic hydroxyl groups is 1. The number of ether oxygens (including phenoxy) is 2. The van der Waals surface area contributed by atoms with Gasteiger partial charge in [-0.25, -0.2) is 4.79 Å². The molecule has 1 aliphatic heterocycles. The minimum absolute atomic E-state index is 0.136. The van der Waals surface area contributed by atoms with E-state index in [-0.39, 0.29) is 5.75 Å². The molecular formula is C26H28N2O4. The van der Waals surface area contributed by atoms with Crippen molar-refractivity contribution in [2.45, 2.75) is 32.7 Å². The Balaban J connectivity index is 1.39. The lowest BCUT2D eigenvalue weighted by Gasteiger charge is -2.20. The molecule has 0 saturated heterocycles. The highest BCUT2D eigenvalue weighted by Crippen LogP contribution is 2.33. The number of anilines is 2. The van der Waals surface area contributed by atoms with E-state index >= 15 is 0 Å². The Labute approximate surface area is 188 Å². The predicted molar refractivity (Wildman–Crippen MR) is 126 cm³/mol. The van der Waals surface area contributed by atoms with Crippen molar-refractivity contribution in [2.24, 2.45) is 0 Å². The molecule has 6 nitrogen and oxygen atoms in total. The van der Waals surface area contributed by atoms with E-state index in [1.165, 1.54) is 11.1 Å². The number of fused-ring (bicyclic) bond motifs is 1. The first-order valence-electron chi connectivity index (χ1n) is 10.8. The van der Waals surface area contributed by atoms with Gasteiger partial charge in [0.2, 0.25) is 0 Å². The fourth-order valence-corrected chi connectivity index (χ4v) is 3.92. The van der Waals surface area contributed by atoms with Gasteiger partial charge in [-0.1, -0.05) is 32.0 Å². The van der Waals surface area contributed by atoms with Crippen LogP contribution in [0.4, 0.5) is 16.2 Å². The zero-order chi connectivity index (χ0) is 22.7. The molecule has 166 valence electrons. The second-order valence-corrected chi connectivity index (χ2v) is 8.26. The maximum Gasteiger partial charge on any atom is 0.417 e. The number of phenols is 1. The molecule has 0 unspecified atom stereocenters. The maximum atomic E-state index is 12.3. The molecule has 0 aromatic heterocycles. The van der Waals surface area contributed by atoms with Gasteiger partial charge in [0.25, 0.3) is 0 Å². The molecule has 0 fully saturated rings. The topological polar surface area (TPSA) is 71.0 Å².